The summed E-state index contributed by atoms with van der Waals surface area (Å²) in [5.41, 5.74) is 1.55. The van der Waals surface area contributed by atoms with E-state index in [1.54, 1.807) is 0 Å². The van der Waals surface area contributed by atoms with Crippen LogP contribution in [0, 0.1) is 11.3 Å². The minimum absolute atomic E-state index is 0.330. The van der Waals surface area contributed by atoms with Crippen molar-refractivity contribution in [1.82, 2.24) is 5.32 Å². The first-order valence-electron chi connectivity index (χ1n) is 6.69. The minimum Gasteiger partial charge on any atom is -0.314 e. The van der Waals surface area contributed by atoms with Gasteiger partial charge < -0.3 is 5.32 Å². The van der Waals surface area contributed by atoms with Crippen LogP contribution in [0.5, 0.6) is 0 Å². The average molecular weight is 284 g/mol. The summed E-state index contributed by atoms with van der Waals surface area (Å²) in [6, 6.07) is 6.76. The standard InChI is InChI=1S/C15H19Cl2N/c1-15(2)11(8-18-9-6-7-9)13(15)10-4-3-5-12(16)14(10)17/h3-5,9,11,13,18H,6-8H2,1-2H3. The molecule has 1 nitrogen and oxygen atoms in total. The lowest BCUT2D eigenvalue weighted by molar-refractivity contribution is 0.517. The van der Waals surface area contributed by atoms with E-state index in [-0.39, 0.29) is 0 Å². The van der Waals surface area contributed by atoms with Gasteiger partial charge in [0, 0.05) is 6.04 Å². The van der Waals surface area contributed by atoms with Crippen molar-refractivity contribution in [2.24, 2.45) is 11.3 Å². The van der Waals surface area contributed by atoms with Gasteiger partial charge in [-0.1, -0.05) is 49.2 Å². The Kier molecular flexibility index (Phi) is 3.12. The molecule has 2 fully saturated rings. The first kappa shape index (κ1) is 12.8. The van der Waals surface area contributed by atoms with Crippen molar-refractivity contribution in [1.29, 1.82) is 0 Å². The summed E-state index contributed by atoms with van der Waals surface area (Å²) in [4.78, 5) is 0. The van der Waals surface area contributed by atoms with Gasteiger partial charge in [0.05, 0.1) is 10.0 Å². The molecule has 0 aliphatic heterocycles. The average Bonchev–Trinajstić information content (AvgIpc) is 3.19. The van der Waals surface area contributed by atoms with Crippen LogP contribution in [0.4, 0.5) is 0 Å². The predicted octanol–water partition coefficient (Wildman–Crippen LogP) is 4.49. The molecular formula is C15H19Cl2N. The second-order valence-electron chi connectivity index (χ2n) is 6.23. The molecule has 2 atom stereocenters. The monoisotopic (exact) mass is 283 g/mol. The van der Waals surface area contributed by atoms with Crippen LogP contribution in [-0.4, -0.2) is 12.6 Å². The van der Waals surface area contributed by atoms with Crippen molar-refractivity contribution in [3.05, 3.63) is 33.8 Å². The Bertz CT molecular complexity index is 466. The Balaban J connectivity index is 1.77. The van der Waals surface area contributed by atoms with E-state index in [0.29, 0.717) is 22.3 Å². The number of hydrogen-bond acceptors (Lipinski definition) is 1. The molecule has 0 saturated heterocycles. The Morgan fingerprint density at radius 1 is 1.28 bits per heavy atom. The van der Waals surface area contributed by atoms with Crippen LogP contribution >= 0.6 is 23.2 Å². The van der Waals surface area contributed by atoms with Crippen molar-refractivity contribution in [2.45, 2.75) is 38.6 Å². The van der Waals surface area contributed by atoms with Gasteiger partial charge in [0.15, 0.2) is 0 Å². The highest BCUT2D eigenvalue weighted by Gasteiger charge is 2.58. The van der Waals surface area contributed by atoms with Crippen LogP contribution in [0.2, 0.25) is 10.0 Å². The van der Waals surface area contributed by atoms with Crippen molar-refractivity contribution >= 4 is 23.2 Å². The van der Waals surface area contributed by atoms with E-state index in [1.807, 2.05) is 12.1 Å². The fourth-order valence-electron chi connectivity index (χ4n) is 3.08. The Morgan fingerprint density at radius 3 is 2.67 bits per heavy atom. The third kappa shape index (κ3) is 2.17. The lowest BCUT2D eigenvalue weighted by Crippen LogP contribution is -2.20. The van der Waals surface area contributed by atoms with Gasteiger partial charge in [0.25, 0.3) is 0 Å². The molecule has 2 saturated carbocycles. The van der Waals surface area contributed by atoms with E-state index in [9.17, 15) is 0 Å². The molecule has 0 heterocycles. The summed E-state index contributed by atoms with van der Waals surface area (Å²) < 4.78 is 0. The number of benzene rings is 1. The molecule has 1 aromatic carbocycles. The van der Waals surface area contributed by atoms with E-state index in [0.717, 1.165) is 17.6 Å². The van der Waals surface area contributed by atoms with Crippen LogP contribution in [-0.2, 0) is 0 Å². The third-order valence-corrected chi connectivity index (χ3v) is 5.40. The zero-order chi connectivity index (χ0) is 12.9. The van der Waals surface area contributed by atoms with Crippen molar-refractivity contribution in [3.63, 3.8) is 0 Å². The minimum atomic E-state index is 0.330. The van der Waals surface area contributed by atoms with E-state index < -0.39 is 0 Å². The Hall–Kier alpha value is -0.240. The van der Waals surface area contributed by atoms with Gasteiger partial charge in [0.1, 0.15) is 0 Å². The molecular weight excluding hydrogens is 265 g/mol. The highest BCUT2D eigenvalue weighted by molar-refractivity contribution is 6.42. The lowest BCUT2D eigenvalue weighted by Gasteiger charge is -2.06. The third-order valence-electron chi connectivity index (χ3n) is 4.57. The summed E-state index contributed by atoms with van der Waals surface area (Å²) >= 11 is 12.5. The van der Waals surface area contributed by atoms with Gasteiger partial charge in [-0.2, -0.15) is 0 Å². The van der Waals surface area contributed by atoms with E-state index in [1.165, 1.54) is 18.4 Å². The number of rotatable bonds is 4. The number of hydrogen-bond donors (Lipinski definition) is 1. The van der Waals surface area contributed by atoms with Crippen LogP contribution < -0.4 is 5.32 Å². The first-order valence-corrected chi connectivity index (χ1v) is 7.44. The largest absolute Gasteiger partial charge is 0.314 e. The van der Waals surface area contributed by atoms with Crippen LogP contribution in [0.15, 0.2) is 18.2 Å². The zero-order valence-corrected chi connectivity index (χ0v) is 12.4. The number of halogens is 2. The second kappa shape index (κ2) is 4.40. The molecule has 0 aromatic heterocycles. The summed E-state index contributed by atoms with van der Waals surface area (Å²) in [5, 5.41) is 5.05. The Morgan fingerprint density at radius 2 is 2.00 bits per heavy atom. The first-order chi connectivity index (χ1) is 8.51. The van der Waals surface area contributed by atoms with E-state index >= 15 is 0 Å². The lowest BCUT2D eigenvalue weighted by atomic mass is 10.0. The summed E-state index contributed by atoms with van der Waals surface area (Å²) in [7, 11) is 0. The van der Waals surface area contributed by atoms with Crippen LogP contribution in [0.1, 0.15) is 38.2 Å². The maximum absolute atomic E-state index is 6.34. The second-order valence-corrected chi connectivity index (χ2v) is 7.02. The molecule has 3 rings (SSSR count). The van der Waals surface area contributed by atoms with Gasteiger partial charge in [-0.05, 0) is 48.3 Å². The van der Waals surface area contributed by atoms with E-state index in [2.05, 4.69) is 25.2 Å². The number of nitrogens with one attached hydrogen (secondary N) is 1. The molecule has 3 heteroatoms. The molecule has 2 aliphatic carbocycles. The van der Waals surface area contributed by atoms with Crippen molar-refractivity contribution < 1.29 is 0 Å². The summed E-state index contributed by atoms with van der Waals surface area (Å²) in [5.74, 6) is 1.21. The fourth-order valence-corrected chi connectivity index (χ4v) is 3.51. The predicted molar refractivity (Wildman–Crippen MR) is 77.5 cm³/mol. The Labute approximate surface area is 119 Å². The highest BCUT2D eigenvalue weighted by Crippen LogP contribution is 2.65. The molecule has 2 unspecified atom stereocenters. The molecule has 1 aromatic rings. The molecule has 98 valence electrons. The van der Waals surface area contributed by atoms with Gasteiger partial charge in [-0.15, -0.1) is 0 Å². The van der Waals surface area contributed by atoms with Gasteiger partial charge in [-0.3, -0.25) is 0 Å². The fraction of sp³-hybridized carbons (Fsp3) is 0.600. The van der Waals surface area contributed by atoms with Gasteiger partial charge >= 0.3 is 0 Å². The maximum atomic E-state index is 6.34. The molecule has 0 spiro atoms. The molecule has 0 amide bonds. The normalized spacial score (nSPS) is 29.3. The topological polar surface area (TPSA) is 12.0 Å². The molecule has 0 radical (unpaired) electrons. The summed E-state index contributed by atoms with van der Waals surface area (Å²) in [6.07, 6.45) is 2.69. The molecule has 0 bridgehead atoms. The van der Waals surface area contributed by atoms with Gasteiger partial charge in [-0.25, -0.2) is 0 Å². The summed E-state index contributed by atoms with van der Waals surface area (Å²) in [6.45, 7) is 5.76. The SMILES string of the molecule is CC1(C)C(CNC2CC2)C1c1cccc(Cl)c1Cl. The quantitative estimate of drug-likeness (QED) is 0.859. The zero-order valence-electron chi connectivity index (χ0n) is 10.8. The highest BCUT2D eigenvalue weighted by atomic mass is 35.5. The van der Waals surface area contributed by atoms with Crippen molar-refractivity contribution in [3.8, 4) is 0 Å². The molecule has 1 N–H and O–H groups in total. The smallest absolute Gasteiger partial charge is 0.0627 e. The van der Waals surface area contributed by atoms with Gasteiger partial charge in [0.2, 0.25) is 0 Å². The van der Waals surface area contributed by atoms with Crippen LogP contribution in [0.25, 0.3) is 0 Å². The molecule has 2 aliphatic rings. The maximum Gasteiger partial charge on any atom is 0.0627 e. The molecule has 18 heavy (non-hydrogen) atoms. The van der Waals surface area contributed by atoms with Crippen molar-refractivity contribution in [2.75, 3.05) is 6.54 Å². The van der Waals surface area contributed by atoms with E-state index in [4.69, 9.17) is 23.2 Å². The van der Waals surface area contributed by atoms with Crippen LogP contribution in [0.3, 0.4) is 0 Å².